The predicted molar refractivity (Wildman–Crippen MR) is 93.5 cm³/mol. The number of fused-ring (bicyclic) bond motifs is 1. The van der Waals surface area contributed by atoms with Gasteiger partial charge in [0.2, 0.25) is 0 Å². The van der Waals surface area contributed by atoms with Crippen molar-refractivity contribution in [1.29, 1.82) is 0 Å². The van der Waals surface area contributed by atoms with Crippen LogP contribution in [0.15, 0.2) is 24.4 Å². The van der Waals surface area contributed by atoms with E-state index in [9.17, 15) is 9.18 Å². The van der Waals surface area contributed by atoms with E-state index in [1.807, 2.05) is 0 Å². The highest BCUT2D eigenvalue weighted by molar-refractivity contribution is 5.94. The minimum absolute atomic E-state index is 0.00368. The Hall–Kier alpha value is -2.37. The second-order valence-corrected chi connectivity index (χ2v) is 7.50. The SMILES string of the molecule is COc1ccc(C(=O)N[C@H]2CCc3nc(C(C)(C)C)cn3C2)cc1F. The van der Waals surface area contributed by atoms with Crippen LogP contribution < -0.4 is 10.1 Å². The van der Waals surface area contributed by atoms with Gasteiger partial charge in [0.1, 0.15) is 5.82 Å². The van der Waals surface area contributed by atoms with E-state index in [2.05, 4.69) is 36.9 Å². The van der Waals surface area contributed by atoms with E-state index >= 15 is 0 Å². The van der Waals surface area contributed by atoms with Crippen molar-refractivity contribution in [2.75, 3.05) is 7.11 Å². The highest BCUT2D eigenvalue weighted by atomic mass is 19.1. The highest BCUT2D eigenvalue weighted by Gasteiger charge is 2.25. The fraction of sp³-hybridized carbons (Fsp3) is 0.474. The first-order valence-corrected chi connectivity index (χ1v) is 8.49. The zero-order chi connectivity index (χ0) is 18.2. The van der Waals surface area contributed by atoms with Gasteiger partial charge in [-0.05, 0) is 24.6 Å². The fourth-order valence-electron chi connectivity index (χ4n) is 3.00. The molecule has 1 aliphatic heterocycles. The Morgan fingerprint density at radius 1 is 1.40 bits per heavy atom. The molecule has 0 bridgehead atoms. The minimum atomic E-state index is -0.537. The first-order chi connectivity index (χ1) is 11.8. The molecule has 0 saturated heterocycles. The third-order valence-electron chi connectivity index (χ3n) is 4.51. The van der Waals surface area contributed by atoms with Crippen LogP contribution in [-0.2, 0) is 18.4 Å². The molecule has 0 unspecified atom stereocenters. The number of benzene rings is 1. The van der Waals surface area contributed by atoms with Crippen molar-refractivity contribution in [3.05, 3.63) is 47.3 Å². The second-order valence-electron chi connectivity index (χ2n) is 7.50. The van der Waals surface area contributed by atoms with Crippen molar-refractivity contribution < 1.29 is 13.9 Å². The molecule has 0 fully saturated rings. The van der Waals surface area contributed by atoms with Gasteiger partial charge in [0.05, 0.1) is 12.8 Å². The van der Waals surface area contributed by atoms with Gasteiger partial charge < -0.3 is 14.6 Å². The quantitative estimate of drug-likeness (QED) is 0.930. The van der Waals surface area contributed by atoms with Crippen LogP contribution in [0, 0.1) is 5.82 Å². The smallest absolute Gasteiger partial charge is 0.251 e. The molecule has 1 amide bonds. The number of imidazole rings is 1. The number of ether oxygens (including phenoxy) is 1. The first-order valence-electron chi connectivity index (χ1n) is 8.49. The van der Waals surface area contributed by atoms with Gasteiger partial charge in [-0.15, -0.1) is 0 Å². The number of carbonyl (C=O) groups is 1. The Morgan fingerprint density at radius 3 is 2.80 bits per heavy atom. The second kappa shape index (κ2) is 6.50. The summed E-state index contributed by atoms with van der Waals surface area (Å²) in [4.78, 5) is 17.1. The Bertz CT molecular complexity index is 792. The Labute approximate surface area is 147 Å². The van der Waals surface area contributed by atoms with Gasteiger partial charge in [-0.1, -0.05) is 20.8 Å². The molecular formula is C19H24FN3O2. The number of halogens is 1. The number of hydrogen-bond donors (Lipinski definition) is 1. The average molecular weight is 345 g/mol. The van der Waals surface area contributed by atoms with Crippen molar-refractivity contribution in [2.45, 2.75) is 51.6 Å². The lowest BCUT2D eigenvalue weighted by Gasteiger charge is -2.24. The summed E-state index contributed by atoms with van der Waals surface area (Å²) in [5.41, 5.74) is 1.36. The van der Waals surface area contributed by atoms with Crippen molar-refractivity contribution in [1.82, 2.24) is 14.9 Å². The maximum absolute atomic E-state index is 13.8. The summed E-state index contributed by atoms with van der Waals surface area (Å²) in [6.45, 7) is 7.10. The van der Waals surface area contributed by atoms with E-state index in [-0.39, 0.29) is 23.1 Å². The number of carbonyl (C=O) groups excluding carboxylic acids is 1. The minimum Gasteiger partial charge on any atom is -0.494 e. The van der Waals surface area contributed by atoms with Crippen molar-refractivity contribution in [3.8, 4) is 5.75 Å². The lowest BCUT2D eigenvalue weighted by molar-refractivity contribution is 0.0927. The molecule has 134 valence electrons. The lowest BCUT2D eigenvalue weighted by Crippen LogP contribution is -2.40. The molecule has 0 saturated carbocycles. The number of amides is 1. The van der Waals surface area contributed by atoms with Gasteiger partial charge >= 0.3 is 0 Å². The van der Waals surface area contributed by atoms with E-state index < -0.39 is 5.82 Å². The van der Waals surface area contributed by atoms with Gasteiger partial charge in [0.25, 0.3) is 5.91 Å². The van der Waals surface area contributed by atoms with E-state index in [0.717, 1.165) is 24.4 Å². The molecule has 1 aromatic carbocycles. The summed E-state index contributed by atoms with van der Waals surface area (Å²) in [5.74, 6) is 0.384. The van der Waals surface area contributed by atoms with Gasteiger partial charge in [-0.3, -0.25) is 4.79 Å². The molecule has 2 aromatic rings. The highest BCUT2D eigenvalue weighted by Crippen LogP contribution is 2.24. The van der Waals surface area contributed by atoms with Crippen LogP contribution in [0.25, 0.3) is 0 Å². The van der Waals surface area contributed by atoms with Gasteiger partial charge in [0.15, 0.2) is 11.6 Å². The molecular weight excluding hydrogens is 321 g/mol. The lowest BCUT2D eigenvalue weighted by atomic mass is 9.93. The van der Waals surface area contributed by atoms with Crippen LogP contribution in [0.3, 0.4) is 0 Å². The summed E-state index contributed by atoms with van der Waals surface area (Å²) in [7, 11) is 1.40. The predicted octanol–water partition coefficient (Wildman–Crippen LogP) is 3.07. The zero-order valence-corrected chi connectivity index (χ0v) is 15.1. The molecule has 1 atom stereocenters. The zero-order valence-electron chi connectivity index (χ0n) is 15.1. The summed E-state index contributed by atoms with van der Waals surface area (Å²) >= 11 is 0. The largest absolute Gasteiger partial charge is 0.494 e. The maximum Gasteiger partial charge on any atom is 0.251 e. The number of nitrogens with zero attached hydrogens (tertiary/aromatic N) is 2. The normalized spacial score (nSPS) is 17.1. The van der Waals surface area contributed by atoms with Gasteiger partial charge in [-0.2, -0.15) is 0 Å². The summed E-state index contributed by atoms with van der Waals surface area (Å²) in [6.07, 6.45) is 3.71. The van der Waals surface area contributed by atoms with Crippen molar-refractivity contribution >= 4 is 5.91 Å². The Kier molecular flexibility index (Phi) is 4.54. The number of rotatable bonds is 3. The fourth-order valence-corrected chi connectivity index (χ4v) is 3.00. The van der Waals surface area contributed by atoms with E-state index in [4.69, 9.17) is 9.72 Å². The van der Waals surface area contributed by atoms with Crippen LogP contribution in [0.4, 0.5) is 4.39 Å². The summed E-state index contributed by atoms with van der Waals surface area (Å²) < 4.78 is 20.8. The van der Waals surface area contributed by atoms with Gasteiger partial charge in [-0.25, -0.2) is 9.37 Å². The molecule has 1 aromatic heterocycles. The number of nitrogens with one attached hydrogen (secondary N) is 1. The third-order valence-corrected chi connectivity index (χ3v) is 4.51. The number of methoxy groups -OCH3 is 1. The van der Waals surface area contributed by atoms with Crippen LogP contribution in [0.5, 0.6) is 5.75 Å². The van der Waals surface area contributed by atoms with Crippen molar-refractivity contribution in [3.63, 3.8) is 0 Å². The molecule has 2 heterocycles. The molecule has 1 aliphatic rings. The molecule has 0 aliphatic carbocycles. The van der Waals surface area contributed by atoms with E-state index in [1.54, 1.807) is 6.07 Å². The molecule has 5 nitrogen and oxygen atoms in total. The van der Waals surface area contributed by atoms with Crippen LogP contribution >= 0.6 is 0 Å². The monoisotopic (exact) mass is 345 g/mol. The number of hydrogen-bond acceptors (Lipinski definition) is 3. The molecule has 0 radical (unpaired) electrons. The first kappa shape index (κ1) is 17.5. The van der Waals surface area contributed by atoms with Crippen LogP contribution in [-0.4, -0.2) is 28.6 Å². The molecule has 3 rings (SSSR count). The summed E-state index contributed by atoms with van der Waals surface area (Å²) in [6, 6.07) is 4.25. The Morgan fingerprint density at radius 2 is 2.16 bits per heavy atom. The van der Waals surface area contributed by atoms with E-state index in [0.29, 0.717) is 12.1 Å². The topological polar surface area (TPSA) is 56.1 Å². The maximum atomic E-state index is 13.8. The van der Waals surface area contributed by atoms with Crippen molar-refractivity contribution in [2.24, 2.45) is 0 Å². The van der Waals surface area contributed by atoms with Crippen LogP contribution in [0.1, 0.15) is 49.1 Å². The molecule has 1 N–H and O–H groups in total. The number of aryl methyl sites for hydroxylation is 1. The summed E-state index contributed by atoms with van der Waals surface area (Å²) in [5, 5.41) is 2.99. The Balaban J connectivity index is 1.69. The molecule has 0 spiro atoms. The number of aromatic nitrogens is 2. The third kappa shape index (κ3) is 3.67. The molecule has 25 heavy (non-hydrogen) atoms. The van der Waals surface area contributed by atoms with E-state index in [1.165, 1.54) is 19.2 Å². The standard InChI is InChI=1S/C19H24FN3O2/c1-19(2,3)16-11-23-10-13(6-8-17(23)22-16)21-18(24)12-5-7-15(25-4)14(20)9-12/h5,7,9,11,13H,6,8,10H2,1-4H3,(H,21,24)/t13-/m0/s1. The van der Waals surface area contributed by atoms with Gasteiger partial charge in [0, 0.05) is 36.2 Å². The molecule has 6 heteroatoms. The van der Waals surface area contributed by atoms with Crippen LogP contribution in [0.2, 0.25) is 0 Å². The average Bonchev–Trinajstić information content (AvgIpc) is 2.98.